The van der Waals surface area contributed by atoms with Crippen molar-refractivity contribution in [3.8, 4) is 62.1 Å². The van der Waals surface area contributed by atoms with Crippen molar-refractivity contribution in [1.29, 1.82) is 0 Å². The van der Waals surface area contributed by atoms with E-state index in [0.717, 1.165) is 77.2 Å². The Bertz CT molecular complexity index is 3900. The maximum absolute atomic E-state index is 5.48. The lowest BCUT2D eigenvalue weighted by molar-refractivity contribution is 1.08. The van der Waals surface area contributed by atoms with Crippen LogP contribution < -0.4 is 0 Å². The summed E-state index contributed by atoms with van der Waals surface area (Å²) in [5.41, 5.74) is 10.5. The Kier molecular flexibility index (Phi) is 8.50. The minimum Gasteiger partial charge on any atom is -0.309 e. The summed E-state index contributed by atoms with van der Waals surface area (Å²) in [6, 6.07) is 82.6. The first-order chi connectivity index (χ1) is 32.2. The Labute approximate surface area is 375 Å². The van der Waals surface area contributed by atoms with Gasteiger partial charge < -0.3 is 4.57 Å². The van der Waals surface area contributed by atoms with Crippen molar-refractivity contribution in [2.45, 2.75) is 0 Å². The number of rotatable bonds is 6. The Morgan fingerprint density at radius 1 is 0.246 bits per heavy atom. The summed E-state index contributed by atoms with van der Waals surface area (Å²) in [4.78, 5) is 16.1. The predicted molar refractivity (Wildman–Crippen MR) is 271 cm³/mol. The molecule has 0 saturated carbocycles. The first kappa shape index (κ1) is 36.9. The molecule has 302 valence electrons. The number of nitrogens with zero attached hydrogens (tertiary/aromatic N) is 4. The molecule has 11 aromatic carbocycles. The Balaban J connectivity index is 1.19. The summed E-state index contributed by atoms with van der Waals surface area (Å²) >= 11 is 0. The highest BCUT2D eigenvalue weighted by atomic mass is 15.0. The van der Waals surface area contributed by atoms with Crippen LogP contribution in [0.3, 0.4) is 0 Å². The van der Waals surface area contributed by atoms with Crippen molar-refractivity contribution < 1.29 is 0 Å². The van der Waals surface area contributed by atoms with Gasteiger partial charge in [0.15, 0.2) is 17.5 Å². The molecule has 13 rings (SSSR count). The summed E-state index contributed by atoms with van der Waals surface area (Å²) in [6.07, 6.45) is 0. The van der Waals surface area contributed by atoms with Crippen LogP contribution in [0.15, 0.2) is 231 Å². The fourth-order valence-electron chi connectivity index (χ4n) is 9.89. The normalized spacial score (nSPS) is 11.7. The molecule has 0 bridgehead atoms. The molecule has 4 nitrogen and oxygen atoms in total. The molecule has 2 heterocycles. The number of benzene rings is 11. The number of hydrogen-bond acceptors (Lipinski definition) is 3. The van der Waals surface area contributed by atoms with E-state index in [0.29, 0.717) is 17.5 Å². The highest BCUT2D eigenvalue weighted by Crippen LogP contribution is 2.45. The summed E-state index contributed by atoms with van der Waals surface area (Å²) in [7, 11) is 0. The maximum atomic E-state index is 5.48. The molecule has 0 saturated heterocycles. The monoisotopic (exact) mass is 826 g/mol. The van der Waals surface area contributed by atoms with Crippen LogP contribution in [0.4, 0.5) is 0 Å². The first-order valence-electron chi connectivity index (χ1n) is 22.1. The second kappa shape index (κ2) is 15.0. The third kappa shape index (κ3) is 6.18. The van der Waals surface area contributed by atoms with Gasteiger partial charge in [-0.2, -0.15) is 0 Å². The van der Waals surface area contributed by atoms with E-state index in [1.54, 1.807) is 0 Å². The number of hydrogen-bond donors (Lipinski definition) is 0. The van der Waals surface area contributed by atoms with Gasteiger partial charge >= 0.3 is 0 Å². The molecule has 0 aliphatic heterocycles. The van der Waals surface area contributed by atoms with Crippen molar-refractivity contribution in [1.82, 2.24) is 19.5 Å². The lowest BCUT2D eigenvalue weighted by Crippen LogP contribution is -2.04. The maximum Gasteiger partial charge on any atom is 0.164 e. The smallest absolute Gasteiger partial charge is 0.164 e. The van der Waals surface area contributed by atoms with E-state index in [1.807, 2.05) is 18.2 Å². The van der Waals surface area contributed by atoms with Crippen molar-refractivity contribution in [2.24, 2.45) is 0 Å². The van der Waals surface area contributed by atoms with Gasteiger partial charge in [0.1, 0.15) is 0 Å². The second-order valence-electron chi connectivity index (χ2n) is 16.8. The van der Waals surface area contributed by atoms with E-state index in [9.17, 15) is 0 Å². The van der Waals surface area contributed by atoms with Crippen LogP contribution in [0.5, 0.6) is 0 Å². The van der Waals surface area contributed by atoms with Crippen LogP contribution in [-0.4, -0.2) is 19.5 Å². The highest BCUT2D eigenvalue weighted by molar-refractivity contribution is 6.17. The SMILES string of the molecule is c1ccc(-c2nc(-c3cc(-c4ccccc4)c(-n4c5cc6ccccc6cc5c5cc6ccccc6cc54)cc3-c3cccc4ccccc34)nc(-c3cccc4ccccc34)n2)cc1. The number of fused-ring (bicyclic) bond motifs is 7. The summed E-state index contributed by atoms with van der Waals surface area (Å²) < 4.78 is 2.49. The molecule has 0 amide bonds. The fraction of sp³-hybridized carbons (Fsp3) is 0. The molecular weight excluding hydrogens is 789 g/mol. The zero-order valence-electron chi connectivity index (χ0n) is 35.2. The van der Waals surface area contributed by atoms with Crippen LogP contribution in [0.1, 0.15) is 0 Å². The lowest BCUT2D eigenvalue weighted by Gasteiger charge is -2.21. The Morgan fingerprint density at radius 2 is 0.677 bits per heavy atom. The van der Waals surface area contributed by atoms with Crippen molar-refractivity contribution in [2.75, 3.05) is 0 Å². The largest absolute Gasteiger partial charge is 0.309 e. The van der Waals surface area contributed by atoms with Crippen molar-refractivity contribution in [3.63, 3.8) is 0 Å². The minimum atomic E-state index is 0.604. The van der Waals surface area contributed by atoms with E-state index in [1.165, 1.54) is 32.3 Å². The molecule has 0 N–H and O–H groups in total. The second-order valence-corrected chi connectivity index (χ2v) is 16.8. The van der Waals surface area contributed by atoms with Crippen LogP contribution in [0.2, 0.25) is 0 Å². The van der Waals surface area contributed by atoms with Crippen molar-refractivity contribution >= 4 is 64.9 Å². The van der Waals surface area contributed by atoms with E-state index in [4.69, 9.17) is 15.0 Å². The zero-order valence-corrected chi connectivity index (χ0v) is 35.2. The van der Waals surface area contributed by atoms with Gasteiger partial charge in [-0.3, -0.25) is 0 Å². The fourth-order valence-corrected chi connectivity index (χ4v) is 9.89. The average molecular weight is 827 g/mol. The molecule has 0 fully saturated rings. The van der Waals surface area contributed by atoms with Gasteiger partial charge in [0, 0.05) is 33.0 Å². The van der Waals surface area contributed by atoms with Gasteiger partial charge in [0.2, 0.25) is 0 Å². The quantitative estimate of drug-likeness (QED) is 0.168. The van der Waals surface area contributed by atoms with Crippen LogP contribution in [0.25, 0.3) is 127 Å². The van der Waals surface area contributed by atoms with Crippen molar-refractivity contribution in [3.05, 3.63) is 231 Å². The molecule has 0 radical (unpaired) electrons. The Morgan fingerprint density at radius 3 is 1.26 bits per heavy atom. The molecule has 0 atom stereocenters. The molecule has 0 spiro atoms. The first-order valence-corrected chi connectivity index (χ1v) is 22.1. The predicted octanol–water partition coefficient (Wildman–Crippen LogP) is 15.9. The van der Waals surface area contributed by atoms with Gasteiger partial charge in [-0.25, -0.2) is 15.0 Å². The molecule has 0 aliphatic carbocycles. The number of aromatic nitrogens is 4. The summed E-state index contributed by atoms with van der Waals surface area (Å²) in [6.45, 7) is 0. The third-order valence-electron chi connectivity index (χ3n) is 13.0. The van der Waals surface area contributed by atoms with Gasteiger partial charge in [-0.1, -0.05) is 194 Å². The standard InChI is InChI=1S/C61H38N4/c1-3-17-41(18-4-1)51-37-55(61-63-59(42-21-5-2-6-22-42)62-60(64-61)50-32-16-28-40-20-12-14-30-48(40)50)52(49-31-15-27-39-19-11-13-29-47(39)49)38-58(51)65-56-35-45-25-9-7-23-43(45)33-53(56)54-34-44-24-8-10-26-46(44)36-57(54)65/h1-38H. The zero-order chi connectivity index (χ0) is 42.8. The van der Waals surface area contributed by atoms with E-state index in [-0.39, 0.29) is 0 Å². The average Bonchev–Trinajstić information content (AvgIpc) is 3.68. The Hall–Kier alpha value is -8.73. The van der Waals surface area contributed by atoms with Gasteiger partial charge in [-0.15, -0.1) is 0 Å². The van der Waals surface area contributed by atoms with E-state index < -0.39 is 0 Å². The van der Waals surface area contributed by atoms with Crippen LogP contribution in [0, 0.1) is 0 Å². The van der Waals surface area contributed by atoms with Gasteiger partial charge in [0.25, 0.3) is 0 Å². The van der Waals surface area contributed by atoms with E-state index in [2.05, 4.69) is 217 Å². The molecule has 13 aromatic rings. The van der Waals surface area contributed by atoms with E-state index >= 15 is 0 Å². The summed E-state index contributed by atoms with van der Waals surface area (Å²) in [5, 5.41) is 11.8. The topological polar surface area (TPSA) is 43.6 Å². The molecule has 0 aliphatic rings. The van der Waals surface area contributed by atoms with Gasteiger partial charge in [-0.05, 0) is 96.2 Å². The molecule has 65 heavy (non-hydrogen) atoms. The summed E-state index contributed by atoms with van der Waals surface area (Å²) in [5.74, 6) is 1.85. The lowest BCUT2D eigenvalue weighted by atomic mass is 9.90. The molecule has 4 heteroatoms. The van der Waals surface area contributed by atoms with Gasteiger partial charge in [0.05, 0.1) is 16.7 Å². The third-order valence-corrected chi connectivity index (χ3v) is 13.0. The minimum absolute atomic E-state index is 0.604. The van der Waals surface area contributed by atoms with Crippen LogP contribution >= 0.6 is 0 Å². The van der Waals surface area contributed by atoms with Crippen LogP contribution in [-0.2, 0) is 0 Å². The highest BCUT2D eigenvalue weighted by Gasteiger charge is 2.24. The molecular formula is C61H38N4. The molecule has 2 aromatic heterocycles. The molecule has 0 unspecified atom stereocenters.